The molecule has 0 bridgehead atoms. The zero-order valence-corrected chi connectivity index (χ0v) is 15.3. The van der Waals surface area contributed by atoms with E-state index in [2.05, 4.69) is 16.0 Å². The number of benzodiazepines with no additional fused rings is 1. The number of rotatable bonds is 3. The normalized spacial score (nSPS) is 13.2. The molecule has 2 aromatic rings. The maximum Gasteiger partial charge on any atom is 0.0721 e. The van der Waals surface area contributed by atoms with Crippen molar-refractivity contribution in [2.75, 3.05) is 25.0 Å². The highest BCUT2D eigenvalue weighted by molar-refractivity contribution is 6.14. The molecule has 1 aliphatic heterocycles. The number of nitrogens with zero attached hydrogens (tertiary/aromatic N) is 2. The molecule has 0 fully saturated rings. The Labute approximate surface area is 159 Å². The molecule has 0 aliphatic carbocycles. The molecule has 0 N–H and O–H groups in total. The summed E-state index contributed by atoms with van der Waals surface area (Å²) in [6, 6.07) is 14.9. The minimum absolute atomic E-state index is 0. The second-order valence-electron chi connectivity index (χ2n) is 5.41. The average Bonchev–Trinajstić information content (AvgIpc) is 2.73. The minimum atomic E-state index is -1.17. The van der Waals surface area contributed by atoms with Gasteiger partial charge in [0.2, 0.25) is 0 Å². The van der Waals surface area contributed by atoms with Crippen LogP contribution in [0.2, 0.25) is 0 Å². The van der Waals surface area contributed by atoms with Gasteiger partial charge in [-0.15, -0.1) is 24.8 Å². The molecule has 0 aromatic heterocycles. The number of halogens is 2. The summed E-state index contributed by atoms with van der Waals surface area (Å²) in [5.74, 6) is -1.17. The molecule has 0 radical (unpaired) electrons. The number of aliphatic imine (C=N–C) groups is 1. The number of aromatic carboxylic acids is 1. The highest BCUT2D eigenvalue weighted by Crippen LogP contribution is 2.23. The Morgan fingerprint density at radius 3 is 2.52 bits per heavy atom. The molecule has 1 aliphatic rings. The van der Waals surface area contributed by atoms with E-state index in [-0.39, 0.29) is 30.4 Å². The number of hydrogen-bond donors (Lipinski definition) is 0. The zero-order chi connectivity index (χ0) is 16.2. The first-order valence-corrected chi connectivity index (χ1v) is 7.50. The lowest BCUT2D eigenvalue weighted by molar-refractivity contribution is -0.255. The van der Waals surface area contributed by atoms with Crippen LogP contribution in [0, 0.1) is 0 Å². The van der Waals surface area contributed by atoms with E-state index in [4.69, 9.17) is 0 Å². The molecule has 2 aromatic carbocycles. The number of fused-ring (bicyclic) bond motifs is 1. The van der Waals surface area contributed by atoms with Crippen molar-refractivity contribution in [3.63, 3.8) is 0 Å². The molecule has 0 amide bonds. The van der Waals surface area contributed by atoms with Crippen molar-refractivity contribution in [2.45, 2.75) is 0 Å². The third kappa shape index (κ3) is 4.62. The predicted molar refractivity (Wildman–Crippen MR) is 105 cm³/mol. The molecule has 6 heteroatoms. The van der Waals surface area contributed by atoms with Crippen molar-refractivity contribution in [3.05, 3.63) is 71.3 Å². The van der Waals surface area contributed by atoms with Gasteiger partial charge in [-0.3, -0.25) is 4.99 Å². The molecule has 0 saturated heterocycles. The van der Waals surface area contributed by atoms with Gasteiger partial charge < -0.3 is 14.8 Å². The van der Waals surface area contributed by atoms with E-state index in [1.54, 1.807) is 24.3 Å². The van der Waals surface area contributed by atoms with Crippen LogP contribution in [0.1, 0.15) is 21.5 Å². The van der Waals surface area contributed by atoms with Gasteiger partial charge >= 0.3 is 0 Å². The molecule has 1 heterocycles. The second kappa shape index (κ2) is 9.25. The van der Waals surface area contributed by atoms with Gasteiger partial charge in [0, 0.05) is 30.4 Å². The van der Waals surface area contributed by atoms with Gasteiger partial charge in [-0.1, -0.05) is 48.5 Å². The van der Waals surface area contributed by atoms with Crippen molar-refractivity contribution in [2.24, 2.45) is 4.99 Å². The van der Waals surface area contributed by atoms with Crippen LogP contribution in [-0.2, 0) is 0 Å². The topological polar surface area (TPSA) is 55.7 Å². The number of allylic oxidation sites excluding steroid dienone is 1. The molecule has 132 valence electrons. The number of hydrogen-bond acceptors (Lipinski definition) is 4. The van der Waals surface area contributed by atoms with Crippen LogP contribution in [0.5, 0.6) is 0 Å². The fourth-order valence-corrected chi connectivity index (χ4v) is 2.69. The van der Waals surface area contributed by atoms with Crippen LogP contribution >= 0.6 is 24.8 Å². The van der Waals surface area contributed by atoms with Crippen molar-refractivity contribution in [1.29, 1.82) is 0 Å². The molecular formula is C19H19Cl2N2O2-. The van der Waals surface area contributed by atoms with E-state index in [1.165, 1.54) is 0 Å². The molecule has 25 heavy (non-hydrogen) atoms. The summed E-state index contributed by atoms with van der Waals surface area (Å²) in [7, 11) is 2.05. The number of carboxylic acids is 1. The summed E-state index contributed by atoms with van der Waals surface area (Å²) in [6.45, 7) is 1.55. The Hall–Kier alpha value is -2.30. The van der Waals surface area contributed by atoms with Gasteiger partial charge in [0.15, 0.2) is 0 Å². The SMILES string of the molecule is CN1CCN=C(/C=C/c2ccccc2C(=O)[O-])c2ccccc21.Cl.Cl. The first-order valence-electron chi connectivity index (χ1n) is 7.50. The molecule has 3 rings (SSSR count). The summed E-state index contributed by atoms with van der Waals surface area (Å²) in [4.78, 5) is 18.0. The van der Waals surface area contributed by atoms with E-state index < -0.39 is 5.97 Å². The standard InChI is InChI=1S/C19H18N2O2.2ClH/c1-21-13-12-20-17(16-8-4-5-9-18(16)21)11-10-14-6-2-3-7-15(14)19(22)23;;/h2-11H,12-13H2,1H3,(H,22,23);2*1H/p-1/b11-10+;;. The summed E-state index contributed by atoms with van der Waals surface area (Å²) in [6.07, 6.45) is 3.66. The summed E-state index contributed by atoms with van der Waals surface area (Å²) in [5.41, 5.74) is 3.84. The van der Waals surface area contributed by atoms with Crippen LogP contribution in [0.15, 0.2) is 59.6 Å². The number of benzene rings is 2. The summed E-state index contributed by atoms with van der Waals surface area (Å²) >= 11 is 0. The number of carbonyl (C=O) groups is 1. The predicted octanol–water partition coefficient (Wildman–Crippen LogP) is 2.85. The Morgan fingerprint density at radius 2 is 1.76 bits per heavy atom. The van der Waals surface area contributed by atoms with E-state index in [0.29, 0.717) is 12.1 Å². The second-order valence-corrected chi connectivity index (χ2v) is 5.41. The van der Waals surface area contributed by atoms with Crippen LogP contribution in [0.4, 0.5) is 5.69 Å². The monoisotopic (exact) mass is 377 g/mol. The van der Waals surface area contributed by atoms with Crippen LogP contribution in [0.25, 0.3) is 6.08 Å². The fraction of sp³-hybridized carbons (Fsp3) is 0.158. The van der Waals surface area contributed by atoms with Gasteiger partial charge in [-0.2, -0.15) is 0 Å². The first kappa shape index (κ1) is 20.7. The third-order valence-corrected chi connectivity index (χ3v) is 3.91. The van der Waals surface area contributed by atoms with Crippen molar-refractivity contribution in [3.8, 4) is 0 Å². The molecular weight excluding hydrogens is 359 g/mol. The Morgan fingerprint density at radius 1 is 1.08 bits per heavy atom. The van der Waals surface area contributed by atoms with Crippen molar-refractivity contribution in [1.82, 2.24) is 0 Å². The molecule has 0 saturated carbocycles. The Bertz CT molecular complexity index is 804. The number of likely N-dealkylation sites (N-methyl/N-ethyl adjacent to an activating group) is 1. The lowest BCUT2D eigenvalue weighted by Gasteiger charge is -2.18. The quantitative estimate of drug-likeness (QED) is 0.826. The summed E-state index contributed by atoms with van der Waals surface area (Å²) in [5, 5.41) is 11.2. The van der Waals surface area contributed by atoms with Crippen LogP contribution in [-0.4, -0.2) is 31.8 Å². The van der Waals surface area contributed by atoms with E-state index in [0.717, 1.165) is 23.5 Å². The Kier molecular flexibility index (Phi) is 7.68. The number of carbonyl (C=O) groups excluding carboxylic acids is 1. The molecule has 0 spiro atoms. The van der Waals surface area contributed by atoms with Crippen molar-refractivity contribution >= 4 is 48.3 Å². The van der Waals surface area contributed by atoms with Crippen LogP contribution in [0.3, 0.4) is 0 Å². The third-order valence-electron chi connectivity index (χ3n) is 3.91. The fourth-order valence-electron chi connectivity index (χ4n) is 2.69. The van der Waals surface area contributed by atoms with Crippen molar-refractivity contribution < 1.29 is 9.90 Å². The smallest absolute Gasteiger partial charge is 0.0721 e. The van der Waals surface area contributed by atoms with E-state index in [9.17, 15) is 9.90 Å². The zero-order valence-electron chi connectivity index (χ0n) is 13.7. The van der Waals surface area contributed by atoms with E-state index in [1.807, 2.05) is 37.4 Å². The average molecular weight is 378 g/mol. The van der Waals surface area contributed by atoms with Gasteiger partial charge in [0.25, 0.3) is 0 Å². The largest absolute Gasteiger partial charge is 0.545 e. The highest BCUT2D eigenvalue weighted by atomic mass is 35.5. The molecule has 0 atom stereocenters. The lowest BCUT2D eigenvalue weighted by Crippen LogP contribution is -2.23. The highest BCUT2D eigenvalue weighted by Gasteiger charge is 2.13. The number of para-hydroxylation sites is 1. The van der Waals surface area contributed by atoms with Gasteiger partial charge in [0.1, 0.15) is 0 Å². The number of anilines is 1. The number of carboxylic acid groups (broad SMARTS) is 1. The first-order chi connectivity index (χ1) is 11.2. The maximum atomic E-state index is 11.2. The minimum Gasteiger partial charge on any atom is -0.545 e. The van der Waals surface area contributed by atoms with Gasteiger partial charge in [-0.05, 0) is 17.7 Å². The van der Waals surface area contributed by atoms with Crippen LogP contribution < -0.4 is 10.0 Å². The molecule has 4 nitrogen and oxygen atoms in total. The Balaban J connectivity index is 0.00000156. The summed E-state index contributed by atoms with van der Waals surface area (Å²) < 4.78 is 0. The van der Waals surface area contributed by atoms with Gasteiger partial charge in [0.05, 0.1) is 18.2 Å². The molecule has 0 unspecified atom stereocenters. The van der Waals surface area contributed by atoms with Gasteiger partial charge in [-0.25, -0.2) is 0 Å². The lowest BCUT2D eigenvalue weighted by atomic mass is 10.0. The van der Waals surface area contributed by atoms with E-state index >= 15 is 0 Å². The maximum absolute atomic E-state index is 11.2.